The number of nitrogens with zero attached hydrogens (tertiary/aromatic N) is 4. The first-order valence-corrected chi connectivity index (χ1v) is 5.77. The van der Waals surface area contributed by atoms with Crippen LogP contribution in [-0.2, 0) is 6.54 Å². The summed E-state index contributed by atoms with van der Waals surface area (Å²) in [6.07, 6.45) is 4.17. The van der Waals surface area contributed by atoms with E-state index >= 15 is 0 Å². The van der Waals surface area contributed by atoms with Crippen molar-refractivity contribution >= 4 is 5.95 Å². The Labute approximate surface area is 99.0 Å². The highest BCUT2D eigenvalue weighted by molar-refractivity contribution is 5.30. The normalized spacial score (nSPS) is 15.2. The van der Waals surface area contributed by atoms with Crippen LogP contribution in [0.4, 0.5) is 5.95 Å². The van der Waals surface area contributed by atoms with Crippen LogP contribution < -0.4 is 4.90 Å². The lowest BCUT2D eigenvalue weighted by Crippen LogP contribution is -2.18. The number of rotatable bonds is 4. The van der Waals surface area contributed by atoms with Crippen molar-refractivity contribution in [3.8, 4) is 0 Å². The van der Waals surface area contributed by atoms with Crippen molar-refractivity contribution in [3.63, 3.8) is 0 Å². The van der Waals surface area contributed by atoms with Crippen LogP contribution in [0.2, 0.25) is 0 Å². The molecule has 0 saturated heterocycles. The number of hydrogen-bond donors (Lipinski definition) is 1. The molecule has 90 valence electrons. The number of anilines is 1. The van der Waals surface area contributed by atoms with Gasteiger partial charge in [0.05, 0.1) is 6.20 Å². The molecule has 0 radical (unpaired) electrons. The van der Waals surface area contributed by atoms with E-state index in [9.17, 15) is 0 Å². The Hall–Kier alpha value is -1.85. The minimum absolute atomic E-state index is 0.500. The smallest absolute Gasteiger partial charge is 0.266 e. The van der Waals surface area contributed by atoms with Crippen LogP contribution in [0.15, 0.2) is 10.7 Å². The molecule has 1 N–H and O–H groups in total. The molecule has 2 heterocycles. The summed E-state index contributed by atoms with van der Waals surface area (Å²) in [4.78, 5) is 6.37. The molecule has 1 aliphatic rings. The number of aryl methyl sites for hydroxylation is 1. The molecular weight excluding hydrogens is 218 g/mol. The minimum atomic E-state index is 0.500. The van der Waals surface area contributed by atoms with E-state index in [1.807, 2.05) is 25.1 Å². The first-order chi connectivity index (χ1) is 8.24. The highest BCUT2D eigenvalue weighted by Gasteiger charge is 2.30. The Balaban J connectivity index is 1.72. The number of H-pyrrole nitrogens is 1. The number of nitrogens with one attached hydrogen (secondary N) is 1. The Morgan fingerprint density at radius 3 is 3.00 bits per heavy atom. The molecule has 1 fully saturated rings. The van der Waals surface area contributed by atoms with E-state index in [1.54, 1.807) is 0 Å². The van der Waals surface area contributed by atoms with Gasteiger partial charge in [-0.3, -0.25) is 5.10 Å². The van der Waals surface area contributed by atoms with Gasteiger partial charge in [0.2, 0.25) is 5.89 Å². The summed E-state index contributed by atoms with van der Waals surface area (Å²) in [5.74, 6) is 1.92. The molecule has 1 aliphatic carbocycles. The monoisotopic (exact) mass is 233 g/mol. The predicted molar refractivity (Wildman–Crippen MR) is 61.7 cm³/mol. The van der Waals surface area contributed by atoms with Gasteiger partial charge in [-0.15, -0.1) is 0 Å². The van der Waals surface area contributed by atoms with Gasteiger partial charge >= 0.3 is 0 Å². The fraction of sp³-hybridized carbons (Fsp3) is 0.545. The Morgan fingerprint density at radius 1 is 1.53 bits per heavy atom. The standard InChI is InChI=1S/C11H15N5O/c1-7-9(5-12-14-7)6-16(2)11-13-10(17-15-11)8-3-4-8/h5,8H,3-4,6H2,1-2H3,(H,12,14). The maximum atomic E-state index is 5.23. The zero-order valence-corrected chi connectivity index (χ0v) is 9.97. The number of aromatic amines is 1. The third kappa shape index (κ3) is 2.02. The molecule has 6 heteroatoms. The molecule has 0 unspecified atom stereocenters. The van der Waals surface area contributed by atoms with Crippen LogP contribution in [0.5, 0.6) is 0 Å². The van der Waals surface area contributed by atoms with E-state index in [4.69, 9.17) is 4.52 Å². The summed E-state index contributed by atoms with van der Waals surface area (Å²) >= 11 is 0. The largest absolute Gasteiger partial charge is 0.337 e. The molecule has 2 aromatic rings. The molecule has 0 spiro atoms. The Morgan fingerprint density at radius 2 is 2.35 bits per heavy atom. The third-order valence-electron chi connectivity index (χ3n) is 3.04. The van der Waals surface area contributed by atoms with Gasteiger partial charge in [-0.1, -0.05) is 0 Å². The van der Waals surface area contributed by atoms with Gasteiger partial charge in [0.1, 0.15) is 0 Å². The molecule has 0 aliphatic heterocycles. The van der Waals surface area contributed by atoms with E-state index in [0.717, 1.165) is 23.7 Å². The predicted octanol–water partition coefficient (Wildman–Crippen LogP) is 1.61. The molecule has 3 rings (SSSR count). The minimum Gasteiger partial charge on any atom is -0.337 e. The Kier molecular flexibility index (Phi) is 2.35. The van der Waals surface area contributed by atoms with Crippen molar-refractivity contribution in [3.05, 3.63) is 23.3 Å². The van der Waals surface area contributed by atoms with Crippen molar-refractivity contribution in [1.82, 2.24) is 20.3 Å². The molecule has 0 amide bonds. The highest BCUT2D eigenvalue weighted by Crippen LogP contribution is 2.39. The van der Waals surface area contributed by atoms with Crippen LogP contribution in [0.1, 0.15) is 35.9 Å². The van der Waals surface area contributed by atoms with Crippen LogP contribution in [-0.4, -0.2) is 27.4 Å². The van der Waals surface area contributed by atoms with Crippen molar-refractivity contribution in [1.29, 1.82) is 0 Å². The third-order valence-corrected chi connectivity index (χ3v) is 3.04. The fourth-order valence-corrected chi connectivity index (χ4v) is 1.74. The van der Waals surface area contributed by atoms with Crippen molar-refractivity contribution < 1.29 is 4.52 Å². The van der Waals surface area contributed by atoms with Crippen molar-refractivity contribution in [2.24, 2.45) is 0 Å². The topological polar surface area (TPSA) is 70.8 Å². The average Bonchev–Trinajstić information content (AvgIpc) is 2.91. The maximum Gasteiger partial charge on any atom is 0.266 e. The lowest BCUT2D eigenvalue weighted by atomic mass is 10.2. The van der Waals surface area contributed by atoms with Gasteiger partial charge in [-0.05, 0) is 24.9 Å². The van der Waals surface area contributed by atoms with Crippen LogP contribution in [0.25, 0.3) is 0 Å². The van der Waals surface area contributed by atoms with Gasteiger partial charge in [-0.25, -0.2) is 0 Å². The van der Waals surface area contributed by atoms with E-state index in [1.165, 1.54) is 12.8 Å². The summed E-state index contributed by atoms with van der Waals surface area (Å²) in [6.45, 7) is 2.73. The number of hydrogen-bond acceptors (Lipinski definition) is 5. The van der Waals surface area contributed by atoms with Crippen LogP contribution in [0, 0.1) is 6.92 Å². The molecule has 2 aromatic heterocycles. The molecule has 0 aromatic carbocycles. The van der Waals surface area contributed by atoms with Crippen molar-refractivity contribution in [2.45, 2.75) is 32.2 Å². The van der Waals surface area contributed by atoms with Gasteiger partial charge in [0, 0.05) is 30.8 Å². The van der Waals surface area contributed by atoms with Crippen LogP contribution >= 0.6 is 0 Å². The average molecular weight is 233 g/mol. The van der Waals surface area contributed by atoms with Gasteiger partial charge in [0.15, 0.2) is 0 Å². The van der Waals surface area contributed by atoms with Gasteiger partial charge < -0.3 is 9.42 Å². The maximum absolute atomic E-state index is 5.23. The molecule has 6 nitrogen and oxygen atoms in total. The second kappa shape index (κ2) is 3.87. The van der Waals surface area contributed by atoms with E-state index in [-0.39, 0.29) is 0 Å². The summed E-state index contributed by atoms with van der Waals surface area (Å²) in [5.41, 5.74) is 2.22. The van der Waals surface area contributed by atoms with Crippen molar-refractivity contribution in [2.75, 3.05) is 11.9 Å². The summed E-state index contributed by atoms with van der Waals surface area (Å²) in [5, 5.41) is 10.9. The van der Waals surface area contributed by atoms with Gasteiger partial charge in [0.25, 0.3) is 5.95 Å². The lowest BCUT2D eigenvalue weighted by Gasteiger charge is -2.12. The molecule has 17 heavy (non-hydrogen) atoms. The highest BCUT2D eigenvalue weighted by atomic mass is 16.5. The second-order valence-corrected chi connectivity index (χ2v) is 4.58. The first kappa shape index (κ1) is 10.3. The SMILES string of the molecule is Cc1[nH]ncc1CN(C)c1noc(C2CC2)n1. The molecular formula is C11H15N5O. The second-order valence-electron chi connectivity index (χ2n) is 4.58. The Bertz CT molecular complexity index is 513. The fourth-order valence-electron chi connectivity index (χ4n) is 1.74. The van der Waals surface area contributed by atoms with E-state index in [0.29, 0.717) is 11.9 Å². The molecule has 0 atom stereocenters. The van der Waals surface area contributed by atoms with E-state index in [2.05, 4.69) is 20.3 Å². The first-order valence-electron chi connectivity index (χ1n) is 5.77. The summed E-state index contributed by atoms with van der Waals surface area (Å²) in [7, 11) is 1.95. The zero-order valence-electron chi connectivity index (χ0n) is 9.97. The summed E-state index contributed by atoms with van der Waals surface area (Å²) < 4.78 is 5.23. The zero-order chi connectivity index (χ0) is 11.8. The summed E-state index contributed by atoms with van der Waals surface area (Å²) in [6, 6.07) is 0. The van der Waals surface area contributed by atoms with Crippen LogP contribution in [0.3, 0.4) is 0 Å². The van der Waals surface area contributed by atoms with E-state index < -0.39 is 0 Å². The quantitative estimate of drug-likeness (QED) is 0.868. The van der Waals surface area contributed by atoms with Gasteiger partial charge in [-0.2, -0.15) is 10.1 Å². The lowest BCUT2D eigenvalue weighted by molar-refractivity contribution is 0.379. The number of aromatic nitrogens is 4. The molecule has 0 bridgehead atoms. The molecule has 1 saturated carbocycles.